The van der Waals surface area contributed by atoms with Gasteiger partial charge in [0.1, 0.15) is 6.61 Å². The minimum Gasteiger partial charge on any atom is -0.458 e. The van der Waals surface area contributed by atoms with Crippen molar-refractivity contribution in [1.82, 2.24) is 0 Å². The Morgan fingerprint density at radius 1 is 1.15 bits per heavy atom. The molecule has 3 heteroatoms. The minimum atomic E-state index is -0.626. The average molecular weight is 354 g/mol. The number of cyclic esters (lactones) is 1. The molecule has 26 heavy (non-hydrogen) atoms. The summed E-state index contributed by atoms with van der Waals surface area (Å²) < 4.78 is 5.20. The molecule has 140 valence electrons. The number of allylic oxidation sites excluding steroid dienone is 4. The SMILES string of the molecule is CC12CCC=CC1=CCC1C2CCC2(C)C(C3=CC(=O)OC3)CCC12O. The van der Waals surface area contributed by atoms with Crippen molar-refractivity contribution >= 4 is 5.97 Å². The number of hydrogen-bond donors (Lipinski definition) is 1. The normalized spacial score (nSPS) is 49.7. The quantitative estimate of drug-likeness (QED) is 0.713. The summed E-state index contributed by atoms with van der Waals surface area (Å²) in [5, 5.41) is 12.1. The van der Waals surface area contributed by atoms with Gasteiger partial charge in [0.25, 0.3) is 0 Å². The Balaban J connectivity index is 1.53. The molecule has 5 rings (SSSR count). The third-order valence-electron chi connectivity index (χ3n) is 8.98. The molecule has 1 aliphatic heterocycles. The third-order valence-corrected chi connectivity index (χ3v) is 8.98. The molecule has 0 radical (unpaired) electrons. The highest BCUT2D eigenvalue weighted by Gasteiger charge is 2.66. The summed E-state index contributed by atoms with van der Waals surface area (Å²) in [6, 6.07) is 0. The standard InChI is InChI=1S/C23H30O3/c1-21-10-4-3-5-16(21)6-7-19-18(21)8-11-22(2)17(9-12-23(19,22)25)15-13-20(24)26-14-15/h3,5-6,13,17-19,25H,4,7-12,14H2,1-2H3. The summed E-state index contributed by atoms with van der Waals surface area (Å²) in [5.41, 5.74) is 2.08. The molecular formula is C23H30O3. The van der Waals surface area contributed by atoms with Crippen molar-refractivity contribution in [3.8, 4) is 0 Å². The second-order valence-electron chi connectivity index (χ2n) is 9.77. The maximum atomic E-state index is 12.1. The number of esters is 1. The van der Waals surface area contributed by atoms with Crippen LogP contribution in [0, 0.1) is 28.6 Å². The lowest BCUT2D eigenvalue weighted by Gasteiger charge is -2.60. The number of carbonyl (C=O) groups excluding carboxylic acids is 1. The van der Waals surface area contributed by atoms with E-state index in [0.29, 0.717) is 18.4 Å². The Labute approximate surface area is 156 Å². The molecule has 2 saturated carbocycles. The van der Waals surface area contributed by atoms with Crippen LogP contribution in [-0.2, 0) is 9.53 Å². The zero-order chi connectivity index (χ0) is 18.2. The molecule has 0 aromatic carbocycles. The van der Waals surface area contributed by atoms with Crippen molar-refractivity contribution in [3.63, 3.8) is 0 Å². The van der Waals surface area contributed by atoms with Gasteiger partial charge in [-0.25, -0.2) is 4.79 Å². The van der Waals surface area contributed by atoms with E-state index in [2.05, 4.69) is 32.1 Å². The van der Waals surface area contributed by atoms with Crippen LogP contribution >= 0.6 is 0 Å². The van der Waals surface area contributed by atoms with Gasteiger partial charge in [0.05, 0.1) is 5.60 Å². The van der Waals surface area contributed by atoms with Crippen molar-refractivity contribution in [2.24, 2.45) is 28.6 Å². The van der Waals surface area contributed by atoms with Gasteiger partial charge < -0.3 is 9.84 Å². The summed E-state index contributed by atoms with van der Waals surface area (Å²) in [7, 11) is 0. The number of ether oxygens (including phenoxy) is 1. The highest BCUT2D eigenvalue weighted by Crippen LogP contribution is 2.68. The van der Waals surface area contributed by atoms with E-state index in [1.165, 1.54) is 18.4 Å². The number of hydrogen-bond acceptors (Lipinski definition) is 3. The van der Waals surface area contributed by atoms with Gasteiger partial charge in [-0.15, -0.1) is 0 Å². The van der Waals surface area contributed by atoms with Crippen molar-refractivity contribution in [3.05, 3.63) is 35.5 Å². The van der Waals surface area contributed by atoms with Gasteiger partial charge in [0, 0.05) is 11.5 Å². The minimum absolute atomic E-state index is 0.139. The first-order valence-corrected chi connectivity index (χ1v) is 10.4. The molecule has 4 aliphatic carbocycles. The number of carbonyl (C=O) groups is 1. The number of rotatable bonds is 1. The molecule has 1 N–H and O–H groups in total. The Morgan fingerprint density at radius 3 is 2.77 bits per heavy atom. The summed E-state index contributed by atoms with van der Waals surface area (Å²) in [6.07, 6.45) is 16.2. The van der Waals surface area contributed by atoms with E-state index in [1.54, 1.807) is 6.08 Å². The molecule has 0 aromatic heterocycles. The van der Waals surface area contributed by atoms with Crippen LogP contribution in [0.25, 0.3) is 0 Å². The van der Waals surface area contributed by atoms with Gasteiger partial charge in [0.15, 0.2) is 0 Å². The molecule has 3 nitrogen and oxygen atoms in total. The predicted molar refractivity (Wildman–Crippen MR) is 100 cm³/mol. The Morgan fingerprint density at radius 2 is 2.00 bits per heavy atom. The van der Waals surface area contributed by atoms with Crippen LogP contribution in [0.1, 0.15) is 58.8 Å². The lowest BCUT2D eigenvalue weighted by molar-refractivity contribution is -0.173. The lowest BCUT2D eigenvalue weighted by Crippen LogP contribution is -2.60. The topological polar surface area (TPSA) is 46.5 Å². The summed E-state index contributed by atoms with van der Waals surface area (Å²) >= 11 is 0. The van der Waals surface area contributed by atoms with Crippen molar-refractivity contribution in [1.29, 1.82) is 0 Å². The molecule has 0 spiro atoms. The smallest absolute Gasteiger partial charge is 0.331 e. The monoisotopic (exact) mass is 354 g/mol. The van der Waals surface area contributed by atoms with Crippen molar-refractivity contribution in [2.75, 3.05) is 6.61 Å². The third kappa shape index (κ3) is 1.96. The molecular weight excluding hydrogens is 324 g/mol. The fraction of sp³-hybridized carbons (Fsp3) is 0.696. The van der Waals surface area contributed by atoms with Crippen LogP contribution in [0.3, 0.4) is 0 Å². The van der Waals surface area contributed by atoms with Gasteiger partial charge in [-0.3, -0.25) is 0 Å². The zero-order valence-electron chi connectivity index (χ0n) is 16.0. The maximum Gasteiger partial charge on any atom is 0.331 e. The van der Waals surface area contributed by atoms with E-state index in [9.17, 15) is 9.90 Å². The fourth-order valence-electron chi connectivity index (χ4n) is 7.45. The van der Waals surface area contributed by atoms with Gasteiger partial charge in [-0.05, 0) is 79.3 Å². The zero-order valence-corrected chi connectivity index (χ0v) is 16.0. The van der Waals surface area contributed by atoms with Gasteiger partial charge >= 0.3 is 5.97 Å². The second kappa shape index (κ2) is 5.34. The Hall–Kier alpha value is -1.35. The lowest BCUT2D eigenvalue weighted by atomic mass is 9.46. The van der Waals surface area contributed by atoms with Gasteiger partial charge in [-0.1, -0.05) is 32.1 Å². The first-order valence-electron chi connectivity index (χ1n) is 10.4. The molecule has 1 heterocycles. The maximum absolute atomic E-state index is 12.1. The Bertz CT molecular complexity index is 747. The first kappa shape index (κ1) is 16.8. The molecule has 5 aliphatic rings. The van der Waals surface area contributed by atoms with E-state index in [-0.39, 0.29) is 22.7 Å². The molecule has 0 bridgehead atoms. The van der Waals surface area contributed by atoms with Crippen LogP contribution in [0.2, 0.25) is 0 Å². The van der Waals surface area contributed by atoms with E-state index < -0.39 is 5.60 Å². The second-order valence-corrected chi connectivity index (χ2v) is 9.77. The van der Waals surface area contributed by atoms with Crippen LogP contribution in [-0.4, -0.2) is 23.3 Å². The number of fused-ring (bicyclic) bond motifs is 5. The predicted octanol–water partition coefficient (Wildman–Crippen LogP) is 4.33. The largest absolute Gasteiger partial charge is 0.458 e. The molecule has 0 amide bonds. The summed E-state index contributed by atoms with van der Waals surface area (Å²) in [5.74, 6) is 0.980. The van der Waals surface area contributed by atoms with Crippen molar-refractivity contribution in [2.45, 2.75) is 64.4 Å². The highest BCUT2D eigenvalue weighted by molar-refractivity contribution is 5.85. The Kier molecular flexibility index (Phi) is 3.45. The molecule has 2 fully saturated rings. The van der Waals surface area contributed by atoms with E-state index in [0.717, 1.165) is 37.7 Å². The van der Waals surface area contributed by atoms with E-state index >= 15 is 0 Å². The van der Waals surface area contributed by atoms with Crippen LogP contribution in [0.5, 0.6) is 0 Å². The van der Waals surface area contributed by atoms with Crippen molar-refractivity contribution < 1.29 is 14.6 Å². The van der Waals surface area contributed by atoms with Crippen LogP contribution < -0.4 is 0 Å². The van der Waals surface area contributed by atoms with E-state index in [4.69, 9.17) is 4.74 Å². The average Bonchev–Trinajstić information content (AvgIpc) is 3.15. The van der Waals surface area contributed by atoms with Crippen LogP contribution in [0.15, 0.2) is 35.5 Å². The summed E-state index contributed by atoms with van der Waals surface area (Å²) in [6.45, 7) is 5.15. The molecule has 6 unspecified atom stereocenters. The molecule has 6 atom stereocenters. The summed E-state index contributed by atoms with van der Waals surface area (Å²) in [4.78, 5) is 11.6. The van der Waals surface area contributed by atoms with Gasteiger partial charge in [0.2, 0.25) is 0 Å². The number of aliphatic hydroxyl groups is 1. The van der Waals surface area contributed by atoms with Crippen LogP contribution in [0.4, 0.5) is 0 Å². The molecule has 0 saturated heterocycles. The molecule has 0 aromatic rings. The van der Waals surface area contributed by atoms with E-state index in [1.807, 2.05) is 0 Å². The highest BCUT2D eigenvalue weighted by atomic mass is 16.5. The first-order chi connectivity index (χ1) is 12.4. The fourth-order valence-corrected chi connectivity index (χ4v) is 7.45. The van der Waals surface area contributed by atoms with Gasteiger partial charge in [-0.2, -0.15) is 0 Å².